The van der Waals surface area contributed by atoms with E-state index in [0.29, 0.717) is 25.6 Å². The molecule has 3 N–H and O–H groups in total. The molecule has 0 spiro atoms. The fraction of sp³-hybridized carbons (Fsp3) is 0.381. The molecule has 3 aromatic rings. The Kier molecular flexibility index (Phi) is 4.65. The van der Waals surface area contributed by atoms with Gasteiger partial charge in [-0.1, -0.05) is 29.8 Å². The lowest BCUT2D eigenvalue weighted by molar-refractivity contribution is -0.125. The first-order valence-corrected chi connectivity index (χ1v) is 10.0. The minimum absolute atomic E-state index is 0.00636. The van der Waals surface area contributed by atoms with E-state index in [4.69, 9.17) is 0 Å². The number of carbonyl (C=O) groups is 1. The van der Waals surface area contributed by atoms with Crippen LogP contribution >= 0.6 is 0 Å². The summed E-state index contributed by atoms with van der Waals surface area (Å²) in [6, 6.07) is 10.4. The zero-order valence-corrected chi connectivity index (χ0v) is 16.4. The number of fused-ring (bicyclic) bond motifs is 1. The molecule has 0 saturated carbocycles. The number of hydrazine groups is 1. The van der Waals surface area contributed by atoms with Crippen LogP contribution < -0.4 is 21.1 Å². The van der Waals surface area contributed by atoms with Crippen LogP contribution in [0.25, 0.3) is 5.52 Å². The van der Waals surface area contributed by atoms with E-state index in [9.17, 15) is 4.79 Å². The number of hydrogen-bond acceptors (Lipinski definition) is 6. The molecule has 2 saturated heterocycles. The standard InChI is InChI=1S/C21H25N7O/c1-14-2-4-15(5-3-14)7-22-21(29)18-10-27(11-18)20-19-6-16(17-8-24-25-9-17)12-28(19)26-13-23-20/h2-6,12-13,17-18,24-25H,7-11H2,1H3,(H,22,29). The van der Waals surface area contributed by atoms with Crippen LogP contribution in [0, 0.1) is 12.8 Å². The van der Waals surface area contributed by atoms with Gasteiger partial charge in [0.1, 0.15) is 11.8 Å². The average molecular weight is 391 g/mol. The van der Waals surface area contributed by atoms with E-state index in [2.05, 4.69) is 74.6 Å². The fourth-order valence-corrected chi connectivity index (χ4v) is 3.96. The molecule has 0 unspecified atom stereocenters. The van der Waals surface area contributed by atoms with Crippen LogP contribution in [-0.4, -0.2) is 46.7 Å². The van der Waals surface area contributed by atoms with E-state index in [1.807, 2.05) is 4.52 Å². The fourth-order valence-electron chi connectivity index (χ4n) is 3.96. The van der Waals surface area contributed by atoms with Gasteiger partial charge in [0.15, 0.2) is 5.82 Å². The summed E-state index contributed by atoms with van der Waals surface area (Å²) in [7, 11) is 0. The lowest BCUT2D eigenvalue weighted by Gasteiger charge is -2.39. The maximum absolute atomic E-state index is 12.5. The lowest BCUT2D eigenvalue weighted by atomic mass is 9.98. The molecular formula is C21H25N7O. The van der Waals surface area contributed by atoms with E-state index in [0.717, 1.165) is 30.0 Å². The highest BCUT2D eigenvalue weighted by molar-refractivity contribution is 5.83. The van der Waals surface area contributed by atoms with Crippen molar-refractivity contribution in [3.63, 3.8) is 0 Å². The Balaban J connectivity index is 1.22. The van der Waals surface area contributed by atoms with Gasteiger partial charge in [-0.25, -0.2) is 9.50 Å². The molecule has 2 aliphatic heterocycles. The Bertz CT molecular complexity index is 1020. The van der Waals surface area contributed by atoms with Crippen molar-refractivity contribution in [2.75, 3.05) is 31.1 Å². The monoisotopic (exact) mass is 391 g/mol. The highest BCUT2D eigenvalue weighted by Gasteiger charge is 2.34. The summed E-state index contributed by atoms with van der Waals surface area (Å²) in [5.74, 6) is 1.42. The molecule has 1 amide bonds. The Morgan fingerprint density at radius 3 is 2.72 bits per heavy atom. The number of anilines is 1. The van der Waals surface area contributed by atoms with Crippen molar-refractivity contribution in [2.24, 2.45) is 5.92 Å². The molecule has 8 nitrogen and oxygen atoms in total. The average Bonchev–Trinajstić information content (AvgIpc) is 3.36. The van der Waals surface area contributed by atoms with Gasteiger partial charge in [-0.05, 0) is 24.1 Å². The Morgan fingerprint density at radius 1 is 1.21 bits per heavy atom. The zero-order valence-electron chi connectivity index (χ0n) is 16.4. The second kappa shape index (κ2) is 7.46. The number of benzene rings is 1. The number of aryl methyl sites for hydroxylation is 1. The van der Waals surface area contributed by atoms with Crippen molar-refractivity contribution in [1.29, 1.82) is 0 Å². The van der Waals surface area contributed by atoms with Gasteiger partial charge in [-0.15, -0.1) is 0 Å². The minimum atomic E-state index is -0.00636. The number of nitrogens with zero attached hydrogens (tertiary/aromatic N) is 4. The third kappa shape index (κ3) is 3.56. The summed E-state index contributed by atoms with van der Waals surface area (Å²) < 4.78 is 1.89. The van der Waals surface area contributed by atoms with Crippen molar-refractivity contribution in [3.05, 3.63) is 59.5 Å². The largest absolute Gasteiger partial charge is 0.353 e. The predicted molar refractivity (Wildman–Crippen MR) is 110 cm³/mol. The first-order valence-electron chi connectivity index (χ1n) is 10.0. The molecule has 29 heavy (non-hydrogen) atoms. The van der Waals surface area contributed by atoms with E-state index < -0.39 is 0 Å². The first-order chi connectivity index (χ1) is 14.2. The molecule has 8 heteroatoms. The highest BCUT2D eigenvalue weighted by atomic mass is 16.2. The summed E-state index contributed by atoms with van der Waals surface area (Å²) in [6.45, 7) is 5.81. The van der Waals surface area contributed by atoms with Gasteiger partial charge >= 0.3 is 0 Å². The summed E-state index contributed by atoms with van der Waals surface area (Å²) >= 11 is 0. The molecule has 5 rings (SSSR count). The van der Waals surface area contributed by atoms with Crippen LogP contribution in [0.4, 0.5) is 5.82 Å². The van der Waals surface area contributed by atoms with Gasteiger partial charge < -0.3 is 10.2 Å². The van der Waals surface area contributed by atoms with Crippen LogP contribution in [0.1, 0.15) is 22.6 Å². The topological polar surface area (TPSA) is 86.6 Å². The summed E-state index contributed by atoms with van der Waals surface area (Å²) in [6.07, 6.45) is 3.66. The third-order valence-electron chi connectivity index (χ3n) is 5.84. The number of aromatic nitrogens is 3. The number of rotatable bonds is 5. The molecule has 4 heterocycles. The minimum Gasteiger partial charge on any atom is -0.353 e. The van der Waals surface area contributed by atoms with Crippen molar-refractivity contribution >= 4 is 17.2 Å². The molecule has 0 bridgehead atoms. The zero-order chi connectivity index (χ0) is 19.8. The Morgan fingerprint density at radius 2 is 1.97 bits per heavy atom. The number of carbonyl (C=O) groups excluding carboxylic acids is 1. The molecule has 2 aliphatic rings. The molecule has 0 atom stereocenters. The molecule has 1 aromatic carbocycles. The van der Waals surface area contributed by atoms with Crippen molar-refractivity contribution < 1.29 is 4.79 Å². The van der Waals surface area contributed by atoms with Crippen LogP contribution in [0.2, 0.25) is 0 Å². The van der Waals surface area contributed by atoms with Gasteiger partial charge in [0, 0.05) is 44.8 Å². The second-order valence-electron chi connectivity index (χ2n) is 7.95. The molecule has 0 aliphatic carbocycles. The van der Waals surface area contributed by atoms with Gasteiger partial charge in [0.05, 0.1) is 5.92 Å². The maximum Gasteiger partial charge on any atom is 0.226 e. The summed E-state index contributed by atoms with van der Waals surface area (Å²) in [5.41, 5.74) is 10.9. The number of amides is 1. The predicted octanol–water partition coefficient (Wildman–Crippen LogP) is 0.982. The highest BCUT2D eigenvalue weighted by Crippen LogP contribution is 2.29. The van der Waals surface area contributed by atoms with Crippen molar-refractivity contribution in [2.45, 2.75) is 19.4 Å². The Hall–Kier alpha value is -2.97. The van der Waals surface area contributed by atoms with Crippen LogP contribution in [0.5, 0.6) is 0 Å². The quantitative estimate of drug-likeness (QED) is 0.601. The van der Waals surface area contributed by atoms with Gasteiger partial charge in [0.25, 0.3) is 0 Å². The smallest absolute Gasteiger partial charge is 0.226 e. The van der Waals surface area contributed by atoms with Crippen LogP contribution in [-0.2, 0) is 11.3 Å². The third-order valence-corrected chi connectivity index (χ3v) is 5.84. The molecule has 0 radical (unpaired) electrons. The van der Waals surface area contributed by atoms with Crippen LogP contribution in [0.15, 0.2) is 42.9 Å². The SMILES string of the molecule is Cc1ccc(CNC(=O)C2CN(c3ncnn4cc(C5CNNC5)cc34)C2)cc1. The van der Waals surface area contributed by atoms with Crippen molar-refractivity contribution in [3.8, 4) is 0 Å². The van der Waals surface area contributed by atoms with Gasteiger partial charge in [0.2, 0.25) is 5.91 Å². The molecule has 2 fully saturated rings. The van der Waals surface area contributed by atoms with E-state index in [1.165, 1.54) is 11.1 Å². The van der Waals surface area contributed by atoms with Gasteiger partial charge in [-0.3, -0.25) is 15.6 Å². The van der Waals surface area contributed by atoms with E-state index in [-0.39, 0.29) is 11.8 Å². The number of hydrogen-bond donors (Lipinski definition) is 3. The Labute approximate surface area is 169 Å². The van der Waals surface area contributed by atoms with Gasteiger partial charge in [-0.2, -0.15) is 5.10 Å². The molecular weight excluding hydrogens is 366 g/mol. The maximum atomic E-state index is 12.5. The summed E-state index contributed by atoms with van der Waals surface area (Å²) in [4.78, 5) is 19.1. The molecule has 2 aromatic heterocycles. The normalized spacial score (nSPS) is 17.6. The summed E-state index contributed by atoms with van der Waals surface area (Å²) in [5, 5.41) is 7.41. The first kappa shape index (κ1) is 18.1. The molecule has 150 valence electrons. The lowest BCUT2D eigenvalue weighted by Crippen LogP contribution is -2.54. The van der Waals surface area contributed by atoms with Crippen molar-refractivity contribution in [1.82, 2.24) is 30.8 Å². The van der Waals surface area contributed by atoms with E-state index >= 15 is 0 Å². The van der Waals surface area contributed by atoms with E-state index in [1.54, 1.807) is 6.33 Å². The number of nitrogens with one attached hydrogen (secondary N) is 3. The van der Waals surface area contributed by atoms with Crippen LogP contribution in [0.3, 0.4) is 0 Å². The second-order valence-corrected chi connectivity index (χ2v) is 7.95.